The van der Waals surface area contributed by atoms with Crippen LogP contribution >= 0.6 is 15.9 Å². The molecular weight excluding hydrogens is 424 g/mol. The van der Waals surface area contributed by atoms with E-state index >= 15 is 0 Å². The van der Waals surface area contributed by atoms with E-state index in [2.05, 4.69) is 26.0 Å². The van der Waals surface area contributed by atoms with Gasteiger partial charge in [-0.2, -0.15) is 0 Å². The van der Waals surface area contributed by atoms with Crippen LogP contribution in [-0.4, -0.2) is 55.5 Å². The van der Waals surface area contributed by atoms with Crippen molar-refractivity contribution in [3.8, 4) is 0 Å². The van der Waals surface area contributed by atoms with Crippen molar-refractivity contribution in [2.45, 2.75) is 18.4 Å². The van der Waals surface area contributed by atoms with Gasteiger partial charge in [0.1, 0.15) is 5.76 Å². The number of nitrogens with two attached hydrogens (primary N) is 1. The highest BCUT2D eigenvalue weighted by Crippen LogP contribution is 2.23. The number of rotatable bonds is 4. The van der Waals surface area contributed by atoms with Gasteiger partial charge in [-0.05, 0) is 41.1 Å². The van der Waals surface area contributed by atoms with E-state index in [9.17, 15) is 13.2 Å². The first-order chi connectivity index (χ1) is 12.2. The number of hydrogen-bond acceptors (Lipinski definition) is 6. The number of amides is 1. The van der Waals surface area contributed by atoms with Crippen molar-refractivity contribution in [1.29, 1.82) is 0 Å². The number of halogens is 1. The molecule has 3 rings (SSSR count). The molecule has 1 amide bonds. The second kappa shape index (κ2) is 7.47. The van der Waals surface area contributed by atoms with Crippen molar-refractivity contribution in [2.75, 3.05) is 26.2 Å². The number of hydrogen-bond donors (Lipinski definition) is 1. The van der Waals surface area contributed by atoms with Crippen molar-refractivity contribution in [1.82, 2.24) is 15.0 Å². The molecule has 0 unspecified atom stereocenters. The highest BCUT2D eigenvalue weighted by Gasteiger charge is 2.25. The molecule has 0 atom stereocenters. The molecule has 2 N–H and O–H groups in total. The third-order valence-corrected chi connectivity index (χ3v) is 5.82. The molecule has 2 heterocycles. The lowest BCUT2D eigenvalue weighted by Crippen LogP contribution is -2.48. The molecule has 0 radical (unpaired) electrons. The monoisotopic (exact) mass is 442 g/mol. The molecule has 1 aromatic carbocycles. The minimum absolute atomic E-state index is 0.0795. The van der Waals surface area contributed by atoms with Crippen LogP contribution in [0.1, 0.15) is 21.8 Å². The van der Waals surface area contributed by atoms with E-state index in [1.807, 2.05) is 13.0 Å². The summed E-state index contributed by atoms with van der Waals surface area (Å²) in [7, 11) is -3.86. The van der Waals surface area contributed by atoms with E-state index in [4.69, 9.17) is 9.66 Å². The molecule has 1 aliphatic heterocycles. The van der Waals surface area contributed by atoms with E-state index in [-0.39, 0.29) is 16.4 Å². The lowest BCUT2D eigenvalue weighted by atomic mass is 10.2. The molecule has 1 aliphatic rings. The Morgan fingerprint density at radius 2 is 1.96 bits per heavy atom. The van der Waals surface area contributed by atoms with Gasteiger partial charge in [-0.3, -0.25) is 9.69 Å². The number of carbonyl (C=O) groups excluding carboxylic acids is 1. The molecule has 1 fully saturated rings. The summed E-state index contributed by atoms with van der Waals surface area (Å²) in [6.07, 6.45) is 0. The van der Waals surface area contributed by atoms with E-state index in [0.29, 0.717) is 37.2 Å². The van der Waals surface area contributed by atoms with Gasteiger partial charge in [0, 0.05) is 43.3 Å². The largest absolute Gasteiger partial charge is 0.361 e. The van der Waals surface area contributed by atoms with Crippen LogP contribution in [-0.2, 0) is 16.6 Å². The third kappa shape index (κ3) is 4.32. The van der Waals surface area contributed by atoms with Gasteiger partial charge in [-0.25, -0.2) is 13.6 Å². The molecule has 8 nitrogen and oxygen atoms in total. The van der Waals surface area contributed by atoms with Crippen LogP contribution in [0.4, 0.5) is 0 Å². The van der Waals surface area contributed by atoms with Gasteiger partial charge in [0.15, 0.2) is 0 Å². The lowest BCUT2D eigenvalue weighted by Gasteiger charge is -2.34. The van der Waals surface area contributed by atoms with Crippen LogP contribution in [0, 0.1) is 6.92 Å². The topological polar surface area (TPSA) is 110 Å². The fourth-order valence-electron chi connectivity index (χ4n) is 2.85. The smallest absolute Gasteiger partial charge is 0.255 e. The zero-order chi connectivity index (χ0) is 18.9. The Morgan fingerprint density at radius 3 is 2.54 bits per heavy atom. The molecule has 1 aromatic heterocycles. The molecule has 2 aromatic rings. The first kappa shape index (κ1) is 19.0. The quantitative estimate of drug-likeness (QED) is 0.764. The number of sulfonamides is 1. The summed E-state index contributed by atoms with van der Waals surface area (Å²) in [5, 5.41) is 9.14. The Bertz CT molecular complexity index is 920. The van der Waals surface area contributed by atoms with Gasteiger partial charge in [0.05, 0.1) is 16.2 Å². The molecule has 0 aliphatic carbocycles. The number of primary sulfonamides is 1. The molecule has 1 saturated heterocycles. The molecule has 0 bridgehead atoms. The summed E-state index contributed by atoms with van der Waals surface area (Å²) >= 11 is 3.31. The van der Waals surface area contributed by atoms with Gasteiger partial charge in [0.2, 0.25) is 10.0 Å². The van der Waals surface area contributed by atoms with Gasteiger partial charge >= 0.3 is 0 Å². The van der Waals surface area contributed by atoms with Crippen molar-refractivity contribution >= 4 is 31.9 Å². The first-order valence-corrected chi connectivity index (χ1v) is 10.3. The van der Waals surface area contributed by atoms with E-state index in [1.165, 1.54) is 18.2 Å². The number of aromatic nitrogens is 1. The fourth-order valence-corrected chi connectivity index (χ4v) is 3.80. The molecule has 26 heavy (non-hydrogen) atoms. The zero-order valence-corrected chi connectivity index (χ0v) is 16.6. The predicted octanol–water partition coefficient (Wildman–Crippen LogP) is 1.35. The van der Waals surface area contributed by atoms with Crippen LogP contribution in [0.2, 0.25) is 0 Å². The van der Waals surface area contributed by atoms with Gasteiger partial charge in [0.25, 0.3) is 5.91 Å². The normalized spacial score (nSPS) is 16.0. The maximum absolute atomic E-state index is 12.8. The summed E-state index contributed by atoms with van der Waals surface area (Å²) in [5.74, 6) is 0.549. The highest BCUT2D eigenvalue weighted by atomic mass is 79.9. The minimum atomic E-state index is -3.86. The zero-order valence-electron chi connectivity index (χ0n) is 14.2. The Balaban J connectivity index is 1.67. The van der Waals surface area contributed by atoms with Crippen LogP contribution in [0.15, 0.2) is 38.2 Å². The average molecular weight is 443 g/mol. The van der Waals surface area contributed by atoms with Crippen LogP contribution in [0.25, 0.3) is 0 Å². The maximum atomic E-state index is 12.8. The van der Waals surface area contributed by atoms with E-state index in [0.717, 1.165) is 11.5 Å². The van der Waals surface area contributed by atoms with Crippen molar-refractivity contribution < 1.29 is 17.7 Å². The fraction of sp³-hybridized carbons (Fsp3) is 0.375. The van der Waals surface area contributed by atoms with Crippen LogP contribution in [0.3, 0.4) is 0 Å². The maximum Gasteiger partial charge on any atom is 0.255 e. The van der Waals surface area contributed by atoms with E-state index < -0.39 is 10.0 Å². The summed E-state index contributed by atoms with van der Waals surface area (Å²) in [5.41, 5.74) is 1.16. The van der Waals surface area contributed by atoms with Crippen LogP contribution in [0.5, 0.6) is 0 Å². The standard InChI is InChI=1S/C16H19BrN4O4S/c1-11-8-12(19-25-11)10-20-4-6-21(7-5-20)16(22)14-9-13(26(18,23)24)2-3-15(14)17/h2-3,8-9H,4-7,10H2,1H3,(H2,18,23,24). The Kier molecular flexibility index (Phi) is 5.47. The SMILES string of the molecule is Cc1cc(CN2CCN(C(=O)c3cc(S(N)(=O)=O)ccc3Br)CC2)no1. The van der Waals surface area contributed by atoms with Crippen molar-refractivity contribution in [3.63, 3.8) is 0 Å². The second-order valence-electron chi connectivity index (χ2n) is 6.18. The summed E-state index contributed by atoms with van der Waals surface area (Å²) in [4.78, 5) is 16.6. The summed E-state index contributed by atoms with van der Waals surface area (Å²) < 4.78 is 28.7. The van der Waals surface area contributed by atoms with Crippen molar-refractivity contribution in [3.05, 3.63) is 45.8 Å². The summed E-state index contributed by atoms with van der Waals surface area (Å²) in [6, 6.07) is 6.10. The number of aryl methyl sites for hydroxylation is 1. The average Bonchev–Trinajstić information content (AvgIpc) is 2.99. The van der Waals surface area contributed by atoms with Gasteiger partial charge < -0.3 is 9.42 Å². The third-order valence-electron chi connectivity index (χ3n) is 4.22. The molecule has 0 spiro atoms. The molecular formula is C16H19BrN4O4S. The summed E-state index contributed by atoms with van der Waals surface area (Å²) in [6.45, 7) is 5.00. The highest BCUT2D eigenvalue weighted by molar-refractivity contribution is 9.10. The second-order valence-corrected chi connectivity index (χ2v) is 8.60. The predicted molar refractivity (Wildman–Crippen MR) is 97.9 cm³/mol. The molecule has 0 saturated carbocycles. The Hall–Kier alpha value is -1.75. The Morgan fingerprint density at radius 1 is 1.27 bits per heavy atom. The van der Waals surface area contributed by atoms with Gasteiger partial charge in [-0.1, -0.05) is 5.16 Å². The van der Waals surface area contributed by atoms with E-state index in [1.54, 1.807) is 4.90 Å². The minimum Gasteiger partial charge on any atom is -0.361 e. The Labute approximate surface area is 160 Å². The number of benzene rings is 1. The molecule has 10 heteroatoms. The number of piperazine rings is 1. The molecule has 140 valence electrons. The number of carbonyl (C=O) groups is 1. The first-order valence-electron chi connectivity index (χ1n) is 8.00. The van der Waals surface area contributed by atoms with Gasteiger partial charge in [-0.15, -0.1) is 0 Å². The van der Waals surface area contributed by atoms with Crippen LogP contribution < -0.4 is 5.14 Å². The van der Waals surface area contributed by atoms with Crippen molar-refractivity contribution in [2.24, 2.45) is 5.14 Å². The number of nitrogens with zero attached hydrogens (tertiary/aromatic N) is 3. The lowest BCUT2D eigenvalue weighted by molar-refractivity contribution is 0.0624.